The van der Waals surface area contributed by atoms with E-state index in [0.717, 1.165) is 26.5 Å². The van der Waals surface area contributed by atoms with Gasteiger partial charge in [-0.05, 0) is 31.2 Å². The molecule has 1 amide bonds. The zero-order valence-electron chi connectivity index (χ0n) is 13.5. The van der Waals surface area contributed by atoms with Gasteiger partial charge in [-0.2, -0.15) is 0 Å². The maximum Gasteiger partial charge on any atom is 0.287 e. The first-order valence-corrected chi connectivity index (χ1v) is 8.66. The molecule has 1 N–H and O–H groups in total. The van der Waals surface area contributed by atoms with Crippen LogP contribution in [0.25, 0.3) is 21.5 Å². The summed E-state index contributed by atoms with van der Waals surface area (Å²) in [5.74, 6) is 0.0859. The first kappa shape index (κ1) is 15.5. The highest BCUT2D eigenvalue weighted by molar-refractivity contribution is 7.15. The molecule has 0 saturated heterocycles. The molecule has 0 atom stereocenters. The normalized spacial score (nSPS) is 10.9. The molecule has 0 aliphatic heterocycles. The Morgan fingerprint density at radius 1 is 1.24 bits per heavy atom. The highest BCUT2D eigenvalue weighted by Crippen LogP contribution is 2.27. The van der Waals surface area contributed by atoms with Crippen molar-refractivity contribution in [1.29, 1.82) is 0 Å². The summed E-state index contributed by atoms with van der Waals surface area (Å²) in [5, 5.41) is 4.72. The quantitative estimate of drug-likeness (QED) is 0.600. The maximum atomic E-state index is 12.3. The number of fused-ring (bicyclic) bond motifs is 1. The Balaban J connectivity index is 1.49. The van der Waals surface area contributed by atoms with E-state index >= 15 is 0 Å². The van der Waals surface area contributed by atoms with Crippen LogP contribution in [0.15, 0.2) is 59.3 Å². The first-order chi connectivity index (χ1) is 12.2. The summed E-state index contributed by atoms with van der Waals surface area (Å²) in [7, 11) is 0. The molecule has 5 nitrogen and oxygen atoms in total. The van der Waals surface area contributed by atoms with E-state index in [1.54, 1.807) is 29.8 Å². The number of furan rings is 1. The molecule has 1 aromatic carbocycles. The highest BCUT2D eigenvalue weighted by atomic mass is 32.1. The number of amides is 1. The van der Waals surface area contributed by atoms with Crippen molar-refractivity contribution in [3.63, 3.8) is 0 Å². The number of benzene rings is 1. The number of nitrogens with one attached hydrogen (secondary N) is 1. The molecule has 0 aliphatic carbocycles. The van der Waals surface area contributed by atoms with Gasteiger partial charge in [-0.15, -0.1) is 11.3 Å². The molecule has 3 aromatic heterocycles. The lowest BCUT2D eigenvalue weighted by molar-refractivity contribution is 0.0925. The van der Waals surface area contributed by atoms with Crippen LogP contribution in [0.2, 0.25) is 0 Å². The fourth-order valence-corrected chi connectivity index (χ4v) is 3.54. The summed E-state index contributed by atoms with van der Waals surface area (Å²) < 4.78 is 5.59. The van der Waals surface area contributed by atoms with Crippen LogP contribution in [0.3, 0.4) is 0 Å². The predicted octanol–water partition coefficient (Wildman–Crippen LogP) is 4.19. The average molecular weight is 349 g/mol. The number of hydrogen-bond donors (Lipinski definition) is 1. The van der Waals surface area contributed by atoms with Gasteiger partial charge in [-0.3, -0.25) is 9.78 Å². The van der Waals surface area contributed by atoms with Crippen LogP contribution >= 0.6 is 11.3 Å². The van der Waals surface area contributed by atoms with Crippen LogP contribution in [0, 0.1) is 6.92 Å². The standard InChI is InChI=1S/C19H15N3O2S/c1-12-17(25-19(22-12)14-6-4-8-20-10-14)11-21-18(23)16-9-13-5-2-3-7-15(13)24-16/h2-10H,11H2,1H3,(H,21,23). The smallest absolute Gasteiger partial charge is 0.287 e. The summed E-state index contributed by atoms with van der Waals surface area (Å²) in [6.45, 7) is 2.36. The number of carbonyl (C=O) groups excluding carboxylic acids is 1. The SMILES string of the molecule is Cc1nc(-c2cccnc2)sc1CNC(=O)c1cc2ccccc2o1. The van der Waals surface area contributed by atoms with Gasteiger partial charge in [-0.25, -0.2) is 4.98 Å². The van der Waals surface area contributed by atoms with Crippen LogP contribution in [0.5, 0.6) is 0 Å². The van der Waals surface area contributed by atoms with Crippen molar-refractivity contribution >= 4 is 28.2 Å². The zero-order chi connectivity index (χ0) is 17.2. The number of rotatable bonds is 4. The predicted molar refractivity (Wildman–Crippen MR) is 97.5 cm³/mol. The van der Waals surface area contributed by atoms with E-state index in [-0.39, 0.29) is 5.91 Å². The molecule has 25 heavy (non-hydrogen) atoms. The van der Waals surface area contributed by atoms with Crippen molar-refractivity contribution < 1.29 is 9.21 Å². The van der Waals surface area contributed by atoms with Gasteiger partial charge in [0, 0.05) is 28.2 Å². The fraction of sp³-hybridized carbons (Fsp3) is 0.105. The average Bonchev–Trinajstić information content (AvgIpc) is 3.24. The van der Waals surface area contributed by atoms with E-state index in [0.29, 0.717) is 17.9 Å². The molecule has 3 heterocycles. The second kappa shape index (κ2) is 6.49. The first-order valence-electron chi connectivity index (χ1n) is 7.84. The number of carbonyl (C=O) groups is 1. The van der Waals surface area contributed by atoms with Crippen LogP contribution in [-0.2, 0) is 6.54 Å². The maximum absolute atomic E-state index is 12.3. The van der Waals surface area contributed by atoms with Crippen LogP contribution in [0.4, 0.5) is 0 Å². The molecule has 0 radical (unpaired) electrons. The van der Waals surface area contributed by atoms with Gasteiger partial charge in [0.15, 0.2) is 5.76 Å². The molecule has 4 rings (SSSR count). The number of para-hydroxylation sites is 1. The van der Waals surface area contributed by atoms with Crippen molar-refractivity contribution in [3.05, 3.63) is 71.2 Å². The van der Waals surface area contributed by atoms with Gasteiger partial charge in [0.2, 0.25) is 0 Å². The number of aryl methyl sites for hydroxylation is 1. The Morgan fingerprint density at radius 2 is 2.12 bits per heavy atom. The molecule has 6 heteroatoms. The minimum Gasteiger partial charge on any atom is -0.451 e. The number of aromatic nitrogens is 2. The summed E-state index contributed by atoms with van der Waals surface area (Å²) in [5.41, 5.74) is 2.60. The van der Waals surface area contributed by atoms with Gasteiger partial charge in [-0.1, -0.05) is 18.2 Å². The molecule has 0 aliphatic rings. The summed E-state index contributed by atoms with van der Waals surface area (Å²) >= 11 is 1.56. The van der Waals surface area contributed by atoms with Crippen LogP contribution in [0.1, 0.15) is 21.1 Å². The molecular weight excluding hydrogens is 334 g/mol. The van der Waals surface area contributed by atoms with E-state index < -0.39 is 0 Å². The Hall–Kier alpha value is -2.99. The lowest BCUT2D eigenvalue weighted by Crippen LogP contribution is -2.22. The van der Waals surface area contributed by atoms with Crippen molar-refractivity contribution in [2.45, 2.75) is 13.5 Å². The van der Waals surface area contributed by atoms with Gasteiger partial charge in [0.1, 0.15) is 10.6 Å². The van der Waals surface area contributed by atoms with Crippen LogP contribution < -0.4 is 5.32 Å². The molecule has 0 spiro atoms. The minimum absolute atomic E-state index is 0.230. The summed E-state index contributed by atoms with van der Waals surface area (Å²) in [4.78, 5) is 22.1. The lowest BCUT2D eigenvalue weighted by Gasteiger charge is -2.01. The third-order valence-corrected chi connectivity index (χ3v) is 5.07. The van der Waals surface area contributed by atoms with E-state index in [2.05, 4.69) is 15.3 Å². The molecule has 0 fully saturated rings. The van der Waals surface area contributed by atoms with Crippen molar-refractivity contribution in [2.24, 2.45) is 0 Å². The van der Waals surface area contributed by atoms with Crippen molar-refractivity contribution in [2.75, 3.05) is 0 Å². The topological polar surface area (TPSA) is 68.0 Å². The largest absolute Gasteiger partial charge is 0.451 e. The number of pyridine rings is 1. The lowest BCUT2D eigenvalue weighted by atomic mass is 10.2. The second-order valence-corrected chi connectivity index (χ2v) is 6.68. The monoisotopic (exact) mass is 349 g/mol. The third kappa shape index (κ3) is 3.16. The molecule has 0 saturated carbocycles. The number of hydrogen-bond acceptors (Lipinski definition) is 5. The molecule has 124 valence electrons. The zero-order valence-corrected chi connectivity index (χ0v) is 14.3. The minimum atomic E-state index is -0.230. The highest BCUT2D eigenvalue weighted by Gasteiger charge is 2.14. The molecule has 0 bridgehead atoms. The molecular formula is C19H15N3O2S. The van der Waals surface area contributed by atoms with Gasteiger partial charge in [0.05, 0.1) is 12.2 Å². The van der Waals surface area contributed by atoms with Gasteiger partial charge < -0.3 is 9.73 Å². The number of nitrogens with zero attached hydrogens (tertiary/aromatic N) is 2. The fourth-order valence-electron chi connectivity index (χ4n) is 2.55. The van der Waals surface area contributed by atoms with Gasteiger partial charge in [0.25, 0.3) is 5.91 Å². The Kier molecular flexibility index (Phi) is 4.03. The van der Waals surface area contributed by atoms with E-state index in [4.69, 9.17) is 4.42 Å². The summed E-state index contributed by atoms with van der Waals surface area (Å²) in [6.07, 6.45) is 3.52. The Morgan fingerprint density at radius 3 is 2.92 bits per heavy atom. The summed E-state index contributed by atoms with van der Waals surface area (Å²) in [6, 6.07) is 13.2. The Labute approximate surface area is 148 Å². The van der Waals surface area contributed by atoms with E-state index in [1.807, 2.05) is 43.3 Å². The molecule has 4 aromatic rings. The number of thiazole rings is 1. The molecule has 0 unspecified atom stereocenters. The third-order valence-electron chi connectivity index (χ3n) is 3.86. The van der Waals surface area contributed by atoms with E-state index in [1.165, 1.54) is 0 Å². The Bertz CT molecular complexity index is 1000. The van der Waals surface area contributed by atoms with Gasteiger partial charge >= 0.3 is 0 Å². The second-order valence-electron chi connectivity index (χ2n) is 5.60. The van der Waals surface area contributed by atoms with E-state index in [9.17, 15) is 4.79 Å². The van der Waals surface area contributed by atoms with Crippen molar-refractivity contribution in [1.82, 2.24) is 15.3 Å². The van der Waals surface area contributed by atoms with Crippen molar-refractivity contribution in [3.8, 4) is 10.6 Å². The van der Waals surface area contributed by atoms with Crippen LogP contribution in [-0.4, -0.2) is 15.9 Å².